The molecular formula is C28H35F2N. The van der Waals surface area contributed by atoms with Crippen molar-refractivity contribution in [2.45, 2.75) is 71.1 Å². The first-order chi connectivity index (χ1) is 15.1. The van der Waals surface area contributed by atoms with Crippen LogP contribution in [0.1, 0.15) is 70.3 Å². The summed E-state index contributed by atoms with van der Waals surface area (Å²) >= 11 is 0. The molecule has 0 radical (unpaired) electrons. The highest BCUT2D eigenvalue weighted by molar-refractivity contribution is 5.59. The summed E-state index contributed by atoms with van der Waals surface area (Å²) in [7, 11) is 0. The maximum atomic E-state index is 13.5. The average molecular weight is 424 g/mol. The van der Waals surface area contributed by atoms with Gasteiger partial charge in [0.15, 0.2) is 11.6 Å². The first-order valence-electron chi connectivity index (χ1n) is 12.2. The van der Waals surface area contributed by atoms with E-state index in [1.807, 2.05) is 12.3 Å². The van der Waals surface area contributed by atoms with Gasteiger partial charge in [0.05, 0.1) is 5.69 Å². The van der Waals surface area contributed by atoms with Crippen molar-refractivity contribution in [3.8, 4) is 11.3 Å². The Morgan fingerprint density at radius 2 is 1.58 bits per heavy atom. The van der Waals surface area contributed by atoms with Crippen LogP contribution in [0.25, 0.3) is 11.3 Å². The monoisotopic (exact) mass is 423 g/mol. The highest BCUT2D eigenvalue weighted by Gasteiger charge is 2.30. The summed E-state index contributed by atoms with van der Waals surface area (Å²) in [5.74, 6) is 1.94. The van der Waals surface area contributed by atoms with E-state index < -0.39 is 11.6 Å². The average Bonchev–Trinajstić information content (AvgIpc) is 2.81. The van der Waals surface area contributed by atoms with Crippen LogP contribution in [0.5, 0.6) is 0 Å². The second-order valence-electron chi connectivity index (χ2n) is 9.70. The predicted molar refractivity (Wildman–Crippen MR) is 124 cm³/mol. The van der Waals surface area contributed by atoms with Crippen LogP contribution in [-0.2, 0) is 6.42 Å². The van der Waals surface area contributed by atoms with E-state index in [0.29, 0.717) is 11.3 Å². The number of hydrogen-bond acceptors (Lipinski definition) is 1. The minimum Gasteiger partial charge on any atom is -0.256 e. The summed E-state index contributed by atoms with van der Waals surface area (Å²) in [6, 6.07) is 7.94. The van der Waals surface area contributed by atoms with E-state index in [0.717, 1.165) is 36.2 Å². The van der Waals surface area contributed by atoms with Crippen LogP contribution in [0.2, 0.25) is 0 Å². The minimum atomic E-state index is -0.829. The summed E-state index contributed by atoms with van der Waals surface area (Å²) in [5, 5.41) is 0. The van der Waals surface area contributed by atoms with Crippen LogP contribution in [0.15, 0.2) is 48.7 Å². The number of benzene rings is 1. The Morgan fingerprint density at radius 1 is 0.871 bits per heavy atom. The molecule has 0 atom stereocenters. The summed E-state index contributed by atoms with van der Waals surface area (Å²) < 4.78 is 26.6. The van der Waals surface area contributed by atoms with Crippen molar-refractivity contribution in [3.05, 3.63) is 65.9 Å². The topological polar surface area (TPSA) is 12.9 Å². The highest BCUT2D eigenvalue weighted by atomic mass is 19.2. The zero-order valence-corrected chi connectivity index (χ0v) is 18.7. The van der Waals surface area contributed by atoms with Crippen LogP contribution in [0.3, 0.4) is 0 Å². The summed E-state index contributed by atoms with van der Waals surface area (Å²) in [4.78, 5) is 4.48. The van der Waals surface area contributed by atoms with E-state index in [9.17, 15) is 8.78 Å². The van der Waals surface area contributed by atoms with E-state index in [-0.39, 0.29) is 0 Å². The molecule has 2 aliphatic carbocycles. The molecule has 0 aliphatic heterocycles. The number of hydrogen-bond donors (Lipinski definition) is 0. The van der Waals surface area contributed by atoms with Gasteiger partial charge in [-0.3, -0.25) is 4.98 Å². The van der Waals surface area contributed by atoms with Crippen LogP contribution in [0.4, 0.5) is 8.78 Å². The largest absolute Gasteiger partial charge is 0.256 e. The number of pyridine rings is 1. The molecule has 31 heavy (non-hydrogen) atoms. The lowest BCUT2D eigenvalue weighted by molar-refractivity contribution is 0.152. The van der Waals surface area contributed by atoms with Crippen molar-refractivity contribution < 1.29 is 8.78 Å². The van der Waals surface area contributed by atoms with E-state index >= 15 is 0 Å². The lowest BCUT2D eigenvalue weighted by Crippen LogP contribution is -2.25. The summed E-state index contributed by atoms with van der Waals surface area (Å²) in [6.45, 7) is 2.14. The van der Waals surface area contributed by atoms with Crippen molar-refractivity contribution >= 4 is 0 Å². The highest BCUT2D eigenvalue weighted by Crippen LogP contribution is 2.42. The molecule has 1 heterocycles. The van der Waals surface area contributed by atoms with Crippen LogP contribution >= 0.6 is 0 Å². The van der Waals surface area contributed by atoms with Crippen molar-refractivity contribution in [2.75, 3.05) is 0 Å². The van der Waals surface area contributed by atoms with Gasteiger partial charge >= 0.3 is 0 Å². The number of aromatic nitrogens is 1. The van der Waals surface area contributed by atoms with E-state index in [1.165, 1.54) is 69.4 Å². The van der Waals surface area contributed by atoms with Gasteiger partial charge in [-0.05, 0) is 112 Å². The van der Waals surface area contributed by atoms with Gasteiger partial charge in [0.2, 0.25) is 0 Å². The molecular weight excluding hydrogens is 388 g/mol. The predicted octanol–water partition coefficient (Wildman–Crippen LogP) is 8.15. The van der Waals surface area contributed by atoms with Gasteiger partial charge in [-0.2, -0.15) is 0 Å². The molecule has 1 aromatic heterocycles. The number of halogens is 2. The van der Waals surface area contributed by atoms with Crippen molar-refractivity contribution in [1.29, 1.82) is 0 Å². The van der Waals surface area contributed by atoms with E-state index in [4.69, 9.17) is 0 Å². The molecule has 2 aliphatic rings. The van der Waals surface area contributed by atoms with Gasteiger partial charge in [0.25, 0.3) is 0 Å². The Morgan fingerprint density at radius 3 is 2.19 bits per heavy atom. The van der Waals surface area contributed by atoms with Crippen molar-refractivity contribution in [3.63, 3.8) is 0 Å². The molecule has 2 saturated carbocycles. The fourth-order valence-corrected chi connectivity index (χ4v) is 5.80. The first kappa shape index (κ1) is 22.2. The fraction of sp³-hybridized carbons (Fsp3) is 0.536. The van der Waals surface area contributed by atoms with Gasteiger partial charge in [0.1, 0.15) is 0 Å². The normalized spacial score (nSPS) is 26.9. The lowest BCUT2D eigenvalue weighted by Gasteiger charge is -2.37. The van der Waals surface area contributed by atoms with Crippen molar-refractivity contribution in [2.24, 2.45) is 23.7 Å². The van der Waals surface area contributed by atoms with Gasteiger partial charge in [-0.1, -0.05) is 31.1 Å². The number of nitrogens with zero attached hydrogens (tertiary/aromatic N) is 1. The second-order valence-corrected chi connectivity index (χ2v) is 9.70. The van der Waals surface area contributed by atoms with Crippen molar-refractivity contribution in [1.82, 2.24) is 4.98 Å². The zero-order chi connectivity index (χ0) is 21.6. The van der Waals surface area contributed by atoms with Gasteiger partial charge in [-0.15, -0.1) is 0 Å². The van der Waals surface area contributed by atoms with Gasteiger partial charge in [0, 0.05) is 11.8 Å². The number of rotatable bonds is 6. The Labute approximate surface area is 186 Å². The quantitative estimate of drug-likeness (QED) is 0.427. The summed E-state index contributed by atoms with van der Waals surface area (Å²) in [5.41, 5.74) is 2.53. The smallest absolute Gasteiger partial charge is 0.159 e. The van der Waals surface area contributed by atoms with E-state index in [2.05, 4.69) is 30.1 Å². The molecule has 1 aromatic carbocycles. The zero-order valence-electron chi connectivity index (χ0n) is 18.7. The second kappa shape index (κ2) is 10.5. The third-order valence-corrected chi connectivity index (χ3v) is 7.72. The fourth-order valence-electron chi connectivity index (χ4n) is 5.80. The van der Waals surface area contributed by atoms with Crippen LogP contribution in [0, 0.1) is 35.3 Å². The molecule has 3 heteroatoms. The molecule has 0 saturated heterocycles. The van der Waals surface area contributed by atoms with Crippen LogP contribution in [-0.4, -0.2) is 4.98 Å². The Kier molecular flexibility index (Phi) is 7.53. The third kappa shape index (κ3) is 5.81. The minimum absolute atomic E-state index is 0.614. The van der Waals surface area contributed by atoms with Gasteiger partial charge < -0.3 is 0 Å². The molecule has 0 N–H and O–H groups in total. The molecule has 2 fully saturated rings. The summed E-state index contributed by atoms with van der Waals surface area (Å²) in [6.07, 6.45) is 20.0. The SMILES string of the molecule is C/C=C/[C@H]1CC[C@H](C2CCC(CCc3ccc(-c4ccc(F)c(F)c4)nc3)CC2)CC1. The van der Waals surface area contributed by atoms with Gasteiger partial charge in [-0.25, -0.2) is 8.78 Å². The Hall–Kier alpha value is -2.03. The first-order valence-corrected chi connectivity index (χ1v) is 12.2. The lowest BCUT2D eigenvalue weighted by atomic mass is 9.68. The molecule has 0 bridgehead atoms. The van der Waals surface area contributed by atoms with Crippen LogP contribution < -0.4 is 0 Å². The molecule has 1 nitrogen and oxygen atoms in total. The maximum absolute atomic E-state index is 13.5. The number of allylic oxidation sites excluding steroid dienone is 2. The molecule has 4 rings (SSSR count). The molecule has 0 spiro atoms. The Balaban J connectivity index is 1.21. The molecule has 2 aromatic rings. The standard InChI is InChI=1S/C28H35F2N/c1-2-3-20-6-11-23(12-7-20)24-13-8-21(9-14-24)4-5-22-10-17-28(31-19-22)25-15-16-26(29)27(30)18-25/h2-3,10,15-21,23-24H,4-9,11-14H2,1H3/b3-2+/t20-,21?,23-,24?. The number of aryl methyl sites for hydroxylation is 1. The molecule has 0 unspecified atom stereocenters. The Bertz CT molecular complexity index is 857. The third-order valence-electron chi connectivity index (χ3n) is 7.72. The molecule has 166 valence electrons. The maximum Gasteiger partial charge on any atom is 0.159 e. The van der Waals surface area contributed by atoms with E-state index in [1.54, 1.807) is 6.07 Å². The molecule has 0 amide bonds.